The average molecular weight is 333 g/mol. The van der Waals surface area contributed by atoms with E-state index < -0.39 is 0 Å². The maximum Gasteiger partial charge on any atom is 0.259 e. The third-order valence-electron chi connectivity index (χ3n) is 4.48. The summed E-state index contributed by atoms with van der Waals surface area (Å²) in [5, 5.41) is 3.06. The van der Waals surface area contributed by atoms with E-state index in [4.69, 9.17) is 4.42 Å². The minimum absolute atomic E-state index is 0.136. The van der Waals surface area contributed by atoms with Crippen molar-refractivity contribution in [2.75, 3.05) is 5.32 Å². The molecule has 0 fully saturated rings. The van der Waals surface area contributed by atoms with Gasteiger partial charge in [0.2, 0.25) is 0 Å². The van der Waals surface area contributed by atoms with Gasteiger partial charge in [-0.15, -0.1) is 0 Å². The number of hydrogen-bond acceptors (Lipinski definition) is 2. The molecule has 0 unspecified atom stereocenters. The number of aryl methyl sites for hydroxylation is 4. The van der Waals surface area contributed by atoms with Gasteiger partial charge >= 0.3 is 0 Å². The maximum absolute atomic E-state index is 12.8. The van der Waals surface area contributed by atoms with Gasteiger partial charge in [0.15, 0.2) is 0 Å². The third kappa shape index (κ3) is 3.50. The first-order valence-corrected chi connectivity index (χ1v) is 8.57. The molecule has 0 spiro atoms. The molecule has 0 aliphatic carbocycles. The number of furan rings is 1. The predicted molar refractivity (Wildman–Crippen MR) is 102 cm³/mol. The van der Waals surface area contributed by atoms with Gasteiger partial charge in [0.25, 0.3) is 5.91 Å². The van der Waals surface area contributed by atoms with Crippen molar-refractivity contribution in [3.8, 4) is 11.3 Å². The zero-order valence-corrected chi connectivity index (χ0v) is 15.1. The molecule has 25 heavy (non-hydrogen) atoms. The number of anilines is 1. The Morgan fingerprint density at radius 3 is 2.44 bits per heavy atom. The Hall–Kier alpha value is -2.81. The zero-order valence-electron chi connectivity index (χ0n) is 15.1. The Morgan fingerprint density at radius 1 is 1.04 bits per heavy atom. The molecule has 0 saturated heterocycles. The molecule has 1 heterocycles. The fourth-order valence-corrected chi connectivity index (χ4v) is 2.95. The molecule has 3 heteroatoms. The quantitative estimate of drug-likeness (QED) is 0.667. The van der Waals surface area contributed by atoms with Crippen LogP contribution in [-0.4, -0.2) is 5.91 Å². The SMILES string of the molecule is CCc1cccc(C)c1NC(=O)c1cc(-c2ccc(C)cc2)oc1C. The van der Waals surface area contributed by atoms with E-state index in [1.807, 2.05) is 69.3 Å². The van der Waals surface area contributed by atoms with E-state index in [2.05, 4.69) is 12.2 Å². The highest BCUT2D eigenvalue weighted by molar-refractivity contribution is 6.06. The average Bonchev–Trinajstić information content (AvgIpc) is 2.99. The van der Waals surface area contributed by atoms with Gasteiger partial charge < -0.3 is 9.73 Å². The van der Waals surface area contributed by atoms with E-state index in [-0.39, 0.29) is 5.91 Å². The Balaban J connectivity index is 1.90. The first-order chi connectivity index (χ1) is 12.0. The van der Waals surface area contributed by atoms with E-state index in [1.54, 1.807) is 0 Å². The van der Waals surface area contributed by atoms with Crippen LogP contribution in [0.2, 0.25) is 0 Å². The van der Waals surface area contributed by atoms with Gasteiger partial charge in [0, 0.05) is 11.3 Å². The minimum atomic E-state index is -0.136. The van der Waals surface area contributed by atoms with Gasteiger partial charge in [-0.3, -0.25) is 4.79 Å². The van der Waals surface area contributed by atoms with Crippen LogP contribution in [0, 0.1) is 20.8 Å². The van der Waals surface area contributed by atoms with Crippen molar-refractivity contribution >= 4 is 11.6 Å². The number of benzene rings is 2. The first kappa shape index (κ1) is 17.0. The van der Waals surface area contributed by atoms with Crippen molar-refractivity contribution in [2.45, 2.75) is 34.1 Å². The van der Waals surface area contributed by atoms with Crippen LogP contribution in [0.15, 0.2) is 52.9 Å². The first-order valence-electron chi connectivity index (χ1n) is 8.57. The Kier molecular flexibility index (Phi) is 4.75. The summed E-state index contributed by atoms with van der Waals surface area (Å²) in [6.45, 7) is 7.96. The lowest BCUT2D eigenvalue weighted by atomic mass is 10.1. The van der Waals surface area contributed by atoms with Gasteiger partial charge in [-0.05, 0) is 44.4 Å². The summed E-state index contributed by atoms with van der Waals surface area (Å²) in [6, 6.07) is 16.0. The lowest BCUT2D eigenvalue weighted by molar-refractivity contribution is 0.102. The van der Waals surface area contributed by atoms with Crippen LogP contribution in [0.25, 0.3) is 11.3 Å². The number of para-hydroxylation sites is 1. The van der Waals surface area contributed by atoms with Gasteiger partial charge in [-0.2, -0.15) is 0 Å². The molecule has 0 aliphatic rings. The molecular weight excluding hydrogens is 310 g/mol. The van der Waals surface area contributed by atoms with Crippen LogP contribution < -0.4 is 5.32 Å². The van der Waals surface area contributed by atoms with Gasteiger partial charge in [0.1, 0.15) is 11.5 Å². The summed E-state index contributed by atoms with van der Waals surface area (Å²) >= 11 is 0. The van der Waals surface area contributed by atoms with E-state index in [1.165, 1.54) is 5.56 Å². The van der Waals surface area contributed by atoms with E-state index in [0.29, 0.717) is 17.1 Å². The van der Waals surface area contributed by atoms with E-state index in [0.717, 1.165) is 28.8 Å². The van der Waals surface area contributed by atoms with Crippen molar-refractivity contribution in [1.29, 1.82) is 0 Å². The molecule has 3 rings (SSSR count). The number of rotatable bonds is 4. The highest BCUT2D eigenvalue weighted by Crippen LogP contribution is 2.27. The summed E-state index contributed by atoms with van der Waals surface area (Å²) in [4.78, 5) is 12.8. The Bertz CT molecular complexity index is 904. The summed E-state index contributed by atoms with van der Waals surface area (Å²) in [7, 11) is 0. The molecule has 1 aromatic heterocycles. The lowest BCUT2D eigenvalue weighted by Crippen LogP contribution is -2.14. The molecular formula is C22H23NO2. The van der Waals surface area contributed by atoms with Gasteiger partial charge in [-0.25, -0.2) is 0 Å². The summed E-state index contributed by atoms with van der Waals surface area (Å²) in [6.07, 6.45) is 0.871. The zero-order chi connectivity index (χ0) is 18.0. The van der Waals surface area contributed by atoms with Crippen LogP contribution in [0.3, 0.4) is 0 Å². The number of hydrogen-bond donors (Lipinski definition) is 1. The Morgan fingerprint density at radius 2 is 1.76 bits per heavy atom. The number of amides is 1. The smallest absolute Gasteiger partial charge is 0.259 e. The largest absolute Gasteiger partial charge is 0.461 e. The molecule has 0 bridgehead atoms. The lowest BCUT2D eigenvalue weighted by Gasteiger charge is -2.12. The molecule has 3 nitrogen and oxygen atoms in total. The highest BCUT2D eigenvalue weighted by atomic mass is 16.3. The van der Waals surface area contributed by atoms with Crippen LogP contribution in [0.5, 0.6) is 0 Å². The number of carbonyl (C=O) groups is 1. The Labute approximate surface area is 148 Å². The molecule has 0 atom stereocenters. The summed E-state index contributed by atoms with van der Waals surface area (Å²) in [5.74, 6) is 1.20. The molecule has 0 aliphatic heterocycles. The predicted octanol–water partition coefficient (Wildman–Crippen LogP) is 5.69. The molecule has 3 aromatic rings. The maximum atomic E-state index is 12.8. The normalized spacial score (nSPS) is 10.7. The van der Waals surface area contributed by atoms with Crippen molar-refractivity contribution < 1.29 is 9.21 Å². The van der Waals surface area contributed by atoms with Crippen LogP contribution in [-0.2, 0) is 6.42 Å². The van der Waals surface area contributed by atoms with Crippen LogP contribution in [0.4, 0.5) is 5.69 Å². The topological polar surface area (TPSA) is 42.2 Å². The monoisotopic (exact) mass is 333 g/mol. The fourth-order valence-electron chi connectivity index (χ4n) is 2.95. The van der Waals surface area contributed by atoms with Crippen molar-refractivity contribution in [3.63, 3.8) is 0 Å². The van der Waals surface area contributed by atoms with Gasteiger partial charge in [0.05, 0.1) is 5.56 Å². The molecule has 128 valence electrons. The molecule has 2 aromatic carbocycles. The van der Waals surface area contributed by atoms with Crippen LogP contribution in [0.1, 0.15) is 39.7 Å². The third-order valence-corrected chi connectivity index (χ3v) is 4.48. The summed E-state index contributed by atoms with van der Waals surface area (Å²) in [5.41, 5.74) is 5.82. The van der Waals surface area contributed by atoms with Gasteiger partial charge in [-0.1, -0.05) is 55.0 Å². The molecule has 1 N–H and O–H groups in total. The fraction of sp³-hybridized carbons (Fsp3) is 0.227. The van der Waals surface area contributed by atoms with Crippen LogP contribution >= 0.6 is 0 Å². The second kappa shape index (κ2) is 6.98. The molecule has 0 radical (unpaired) electrons. The van der Waals surface area contributed by atoms with Crippen molar-refractivity contribution in [3.05, 3.63) is 76.5 Å². The molecule has 0 saturated carbocycles. The number of nitrogens with one attached hydrogen (secondary N) is 1. The van der Waals surface area contributed by atoms with Crippen molar-refractivity contribution in [1.82, 2.24) is 0 Å². The highest BCUT2D eigenvalue weighted by Gasteiger charge is 2.17. The van der Waals surface area contributed by atoms with E-state index >= 15 is 0 Å². The second-order valence-corrected chi connectivity index (χ2v) is 6.36. The standard InChI is InChI=1S/C22H23NO2/c1-5-17-8-6-7-15(3)21(17)23-22(24)19-13-20(25-16(19)4)18-11-9-14(2)10-12-18/h6-13H,5H2,1-4H3,(H,23,24). The minimum Gasteiger partial charge on any atom is -0.461 e. The van der Waals surface area contributed by atoms with E-state index in [9.17, 15) is 4.79 Å². The number of carbonyl (C=O) groups excluding carboxylic acids is 1. The van der Waals surface area contributed by atoms with Crippen molar-refractivity contribution in [2.24, 2.45) is 0 Å². The second-order valence-electron chi connectivity index (χ2n) is 6.36. The summed E-state index contributed by atoms with van der Waals surface area (Å²) < 4.78 is 5.83. The molecule has 1 amide bonds.